The minimum Gasteiger partial charge on any atom is -1.00 e. The Labute approximate surface area is 101 Å². The monoisotopic (exact) mass is 231 g/mol. The Hall–Kier alpha value is -0.110. The summed E-state index contributed by atoms with van der Waals surface area (Å²) >= 11 is 0. The van der Waals surface area contributed by atoms with Crippen LogP contribution >= 0.6 is 0 Å². The summed E-state index contributed by atoms with van der Waals surface area (Å²) in [6.07, 6.45) is 11.5. The van der Waals surface area contributed by atoms with Crippen molar-refractivity contribution in [2.45, 2.75) is 65.2 Å². The molecule has 2 heteroatoms. The van der Waals surface area contributed by atoms with Gasteiger partial charge in [-0.25, -0.2) is 0 Å². The van der Waals surface area contributed by atoms with E-state index in [1.54, 1.807) is 0 Å². The van der Waals surface area contributed by atoms with E-state index in [-0.39, 0.29) is 4.70 Å². The summed E-state index contributed by atoms with van der Waals surface area (Å²) in [4.78, 5) is 0. The van der Waals surface area contributed by atoms with Crippen molar-refractivity contribution in [2.24, 2.45) is 0 Å². The fraction of sp³-hybridized carbons (Fsp3) is 1.00. The Morgan fingerprint density at radius 3 is 1.56 bits per heavy atom. The molecule has 1 saturated heterocycles. The molecule has 1 heterocycles. The minimum atomic E-state index is 0. The minimum absolute atomic E-state index is 0. The second kappa shape index (κ2) is 8.98. The maximum absolute atomic E-state index is 2.31. The molecule has 98 valence electrons. The molecule has 1 nitrogen and oxygen atoms in total. The SMILES string of the molecule is CCCCC[N+]1(CCCCC)CCCC1.[F-]. The smallest absolute Gasteiger partial charge is 0.0788 e. The largest absolute Gasteiger partial charge is 1.00 e. The highest BCUT2D eigenvalue weighted by molar-refractivity contribution is 4.56. The number of rotatable bonds is 8. The number of hydrogen-bond donors (Lipinski definition) is 0. The molecule has 0 saturated carbocycles. The van der Waals surface area contributed by atoms with Gasteiger partial charge >= 0.3 is 0 Å². The zero-order chi connectivity index (χ0) is 11.0. The third-order valence-electron chi connectivity index (χ3n) is 3.99. The Balaban J connectivity index is 0.00000225. The molecule has 0 amide bonds. The van der Waals surface area contributed by atoms with Crippen LogP contribution in [-0.2, 0) is 0 Å². The number of nitrogens with zero attached hydrogens (tertiary/aromatic N) is 1. The van der Waals surface area contributed by atoms with Crippen LogP contribution in [0.25, 0.3) is 0 Å². The average molecular weight is 231 g/mol. The Morgan fingerprint density at radius 1 is 0.750 bits per heavy atom. The summed E-state index contributed by atoms with van der Waals surface area (Å²) in [7, 11) is 0. The molecule has 1 rings (SSSR count). The van der Waals surface area contributed by atoms with Crippen molar-refractivity contribution in [2.75, 3.05) is 26.2 Å². The van der Waals surface area contributed by atoms with E-state index in [9.17, 15) is 0 Å². The van der Waals surface area contributed by atoms with E-state index in [4.69, 9.17) is 0 Å². The molecule has 0 unspecified atom stereocenters. The molecule has 0 aromatic carbocycles. The first-order chi connectivity index (χ1) is 7.33. The average Bonchev–Trinajstić information content (AvgIpc) is 2.68. The highest BCUT2D eigenvalue weighted by Gasteiger charge is 2.30. The molecule has 0 N–H and O–H groups in total. The van der Waals surface area contributed by atoms with Crippen LogP contribution in [-0.4, -0.2) is 30.7 Å². The van der Waals surface area contributed by atoms with Crippen LogP contribution in [0.4, 0.5) is 0 Å². The van der Waals surface area contributed by atoms with E-state index in [1.807, 2.05) is 0 Å². The van der Waals surface area contributed by atoms with Gasteiger partial charge in [0.15, 0.2) is 0 Å². The van der Waals surface area contributed by atoms with Crippen LogP contribution < -0.4 is 4.70 Å². The highest BCUT2D eigenvalue weighted by Crippen LogP contribution is 2.22. The van der Waals surface area contributed by atoms with Crippen molar-refractivity contribution >= 4 is 0 Å². The van der Waals surface area contributed by atoms with E-state index < -0.39 is 0 Å². The quantitative estimate of drug-likeness (QED) is 0.431. The first-order valence-corrected chi connectivity index (χ1v) is 7.18. The number of halogens is 1. The second-order valence-corrected chi connectivity index (χ2v) is 5.36. The zero-order valence-corrected chi connectivity index (χ0v) is 11.3. The molecule has 16 heavy (non-hydrogen) atoms. The maximum atomic E-state index is 2.31. The predicted molar refractivity (Wildman–Crippen MR) is 68.0 cm³/mol. The molecule has 1 aliphatic rings. The molecule has 0 aromatic heterocycles. The van der Waals surface area contributed by atoms with Gasteiger partial charge in [0, 0.05) is 12.8 Å². The van der Waals surface area contributed by atoms with Crippen molar-refractivity contribution in [3.8, 4) is 0 Å². The summed E-state index contributed by atoms with van der Waals surface area (Å²) in [5.41, 5.74) is 0. The fourth-order valence-electron chi connectivity index (χ4n) is 2.96. The Bertz CT molecular complexity index is 141. The topological polar surface area (TPSA) is 0 Å². The lowest BCUT2D eigenvalue weighted by atomic mass is 10.2. The van der Waals surface area contributed by atoms with Crippen LogP contribution in [0.15, 0.2) is 0 Å². The van der Waals surface area contributed by atoms with Crippen molar-refractivity contribution in [1.29, 1.82) is 0 Å². The van der Waals surface area contributed by atoms with Gasteiger partial charge in [-0.3, -0.25) is 0 Å². The van der Waals surface area contributed by atoms with Crippen LogP contribution in [0.2, 0.25) is 0 Å². The lowest BCUT2D eigenvalue weighted by Crippen LogP contribution is -3.00. The van der Waals surface area contributed by atoms with Gasteiger partial charge < -0.3 is 9.19 Å². The number of quaternary nitrogens is 1. The van der Waals surface area contributed by atoms with Gasteiger partial charge in [-0.1, -0.05) is 26.7 Å². The summed E-state index contributed by atoms with van der Waals surface area (Å²) in [5, 5.41) is 0. The number of unbranched alkanes of at least 4 members (excludes halogenated alkanes) is 4. The fourth-order valence-corrected chi connectivity index (χ4v) is 2.96. The van der Waals surface area contributed by atoms with Gasteiger partial charge in [0.1, 0.15) is 0 Å². The Kier molecular flexibility index (Phi) is 8.91. The predicted octanol–water partition coefficient (Wildman–Crippen LogP) is 0.981. The summed E-state index contributed by atoms with van der Waals surface area (Å²) in [6.45, 7) is 10.5. The van der Waals surface area contributed by atoms with Crippen molar-refractivity contribution in [3.05, 3.63) is 0 Å². The highest BCUT2D eigenvalue weighted by atomic mass is 19.0. The third-order valence-corrected chi connectivity index (χ3v) is 3.99. The van der Waals surface area contributed by atoms with Crippen molar-refractivity contribution < 1.29 is 9.19 Å². The van der Waals surface area contributed by atoms with Crippen molar-refractivity contribution in [1.82, 2.24) is 0 Å². The van der Waals surface area contributed by atoms with Gasteiger partial charge in [0.2, 0.25) is 0 Å². The summed E-state index contributed by atoms with van der Waals surface area (Å²) < 4.78 is 1.47. The van der Waals surface area contributed by atoms with E-state index in [2.05, 4.69) is 13.8 Å². The van der Waals surface area contributed by atoms with Gasteiger partial charge in [-0.05, 0) is 25.7 Å². The molecular formula is C14H30FN. The standard InChI is InChI=1S/C14H30N.FH/c1-3-5-7-11-15(12-8-6-4-2)13-9-10-14-15;/h3-14H2,1-2H3;1H/q+1;/p-1. The molecule has 0 radical (unpaired) electrons. The van der Waals surface area contributed by atoms with Crippen LogP contribution in [0.1, 0.15) is 65.2 Å². The summed E-state index contributed by atoms with van der Waals surface area (Å²) in [5.74, 6) is 0. The normalized spacial score (nSPS) is 18.4. The van der Waals surface area contributed by atoms with Gasteiger partial charge in [-0.15, -0.1) is 0 Å². The second-order valence-electron chi connectivity index (χ2n) is 5.36. The Morgan fingerprint density at radius 2 is 1.19 bits per heavy atom. The zero-order valence-electron chi connectivity index (χ0n) is 11.3. The molecule has 1 aliphatic heterocycles. The van der Waals surface area contributed by atoms with Gasteiger partial charge in [0.25, 0.3) is 0 Å². The summed E-state index contributed by atoms with van der Waals surface area (Å²) in [6, 6.07) is 0. The first-order valence-electron chi connectivity index (χ1n) is 7.18. The molecule has 0 aromatic rings. The number of hydrogen-bond acceptors (Lipinski definition) is 0. The third kappa shape index (κ3) is 5.29. The van der Waals surface area contributed by atoms with E-state index in [1.165, 1.54) is 82.0 Å². The van der Waals surface area contributed by atoms with E-state index in [0.717, 1.165) is 0 Å². The van der Waals surface area contributed by atoms with Gasteiger partial charge in [-0.2, -0.15) is 0 Å². The molecule has 1 fully saturated rings. The molecule has 0 atom stereocenters. The van der Waals surface area contributed by atoms with Gasteiger partial charge in [0.05, 0.1) is 26.2 Å². The van der Waals surface area contributed by atoms with E-state index in [0.29, 0.717) is 0 Å². The van der Waals surface area contributed by atoms with Crippen LogP contribution in [0, 0.1) is 0 Å². The molecule has 0 bridgehead atoms. The maximum Gasteiger partial charge on any atom is 0.0788 e. The first kappa shape index (κ1) is 15.9. The molecule has 0 aliphatic carbocycles. The number of likely N-dealkylation sites (tertiary alicyclic amines) is 1. The lowest BCUT2D eigenvalue weighted by molar-refractivity contribution is -0.917. The van der Waals surface area contributed by atoms with E-state index >= 15 is 0 Å². The molecular weight excluding hydrogens is 201 g/mol. The molecule has 0 spiro atoms. The lowest BCUT2D eigenvalue weighted by Gasteiger charge is -2.34. The van der Waals surface area contributed by atoms with Crippen LogP contribution in [0.5, 0.6) is 0 Å². The van der Waals surface area contributed by atoms with Crippen molar-refractivity contribution in [3.63, 3.8) is 0 Å². The van der Waals surface area contributed by atoms with Crippen LogP contribution in [0.3, 0.4) is 0 Å².